The van der Waals surface area contributed by atoms with Gasteiger partial charge < -0.3 is 10.5 Å². The molecule has 86 valence electrons. The lowest BCUT2D eigenvalue weighted by Crippen LogP contribution is -2.13. The standard InChI is InChI=1S/C12H15NO3/c1-2-16-12(15)8-11(14)7-9-4-3-5-10(13)6-9/h3-6H,2,7-8,13H2,1H3. The van der Waals surface area contributed by atoms with E-state index in [0.29, 0.717) is 12.3 Å². The number of nitrogen functional groups attached to an aromatic ring is 1. The summed E-state index contributed by atoms with van der Waals surface area (Å²) in [6.07, 6.45) is 0.0342. The Hall–Kier alpha value is -1.84. The first kappa shape index (κ1) is 12.2. The molecule has 0 aliphatic rings. The Labute approximate surface area is 94.4 Å². The summed E-state index contributed by atoms with van der Waals surface area (Å²) in [5.41, 5.74) is 7.01. The Bertz CT molecular complexity index is 388. The molecule has 0 radical (unpaired) electrons. The minimum Gasteiger partial charge on any atom is -0.466 e. The second-order valence-corrected chi connectivity index (χ2v) is 3.44. The van der Waals surface area contributed by atoms with Gasteiger partial charge in [-0.2, -0.15) is 0 Å². The van der Waals surface area contributed by atoms with Gasteiger partial charge in [0.15, 0.2) is 0 Å². The number of hydrogen-bond donors (Lipinski definition) is 1. The van der Waals surface area contributed by atoms with Crippen LogP contribution in [0, 0.1) is 0 Å². The molecule has 1 aromatic rings. The quantitative estimate of drug-likeness (QED) is 0.462. The summed E-state index contributed by atoms with van der Waals surface area (Å²) in [5, 5.41) is 0. The fourth-order valence-corrected chi connectivity index (χ4v) is 1.37. The summed E-state index contributed by atoms with van der Waals surface area (Å²) in [4.78, 5) is 22.5. The number of rotatable bonds is 5. The third-order valence-corrected chi connectivity index (χ3v) is 2.00. The predicted molar refractivity (Wildman–Crippen MR) is 60.8 cm³/mol. The second-order valence-electron chi connectivity index (χ2n) is 3.44. The lowest BCUT2D eigenvalue weighted by atomic mass is 10.1. The Morgan fingerprint density at radius 1 is 1.38 bits per heavy atom. The van der Waals surface area contributed by atoms with Crippen LogP contribution in [0.5, 0.6) is 0 Å². The first-order valence-electron chi connectivity index (χ1n) is 5.13. The van der Waals surface area contributed by atoms with E-state index >= 15 is 0 Å². The smallest absolute Gasteiger partial charge is 0.313 e. The third kappa shape index (κ3) is 4.13. The topological polar surface area (TPSA) is 69.4 Å². The average molecular weight is 221 g/mol. The highest BCUT2D eigenvalue weighted by Crippen LogP contribution is 2.08. The van der Waals surface area contributed by atoms with Crippen LogP contribution in [0.1, 0.15) is 18.9 Å². The Morgan fingerprint density at radius 3 is 2.75 bits per heavy atom. The number of hydrogen-bond acceptors (Lipinski definition) is 4. The van der Waals surface area contributed by atoms with Crippen molar-refractivity contribution in [1.29, 1.82) is 0 Å². The highest BCUT2D eigenvalue weighted by Gasteiger charge is 2.10. The van der Waals surface area contributed by atoms with Crippen molar-refractivity contribution < 1.29 is 14.3 Å². The van der Waals surface area contributed by atoms with E-state index < -0.39 is 5.97 Å². The molecule has 0 aliphatic heterocycles. The van der Waals surface area contributed by atoms with Gasteiger partial charge in [0.05, 0.1) is 6.61 Å². The first-order valence-corrected chi connectivity index (χ1v) is 5.13. The van der Waals surface area contributed by atoms with E-state index in [1.54, 1.807) is 31.2 Å². The van der Waals surface area contributed by atoms with E-state index in [0.717, 1.165) is 5.56 Å². The molecule has 16 heavy (non-hydrogen) atoms. The van der Waals surface area contributed by atoms with E-state index in [2.05, 4.69) is 4.74 Å². The zero-order valence-corrected chi connectivity index (χ0v) is 9.23. The van der Waals surface area contributed by atoms with Crippen molar-refractivity contribution in [2.24, 2.45) is 0 Å². The van der Waals surface area contributed by atoms with E-state index in [1.807, 2.05) is 0 Å². The number of carbonyl (C=O) groups is 2. The number of ketones is 1. The number of ether oxygens (including phenoxy) is 1. The lowest BCUT2D eigenvalue weighted by molar-refractivity contribution is -0.145. The Morgan fingerprint density at radius 2 is 2.12 bits per heavy atom. The molecule has 1 aromatic carbocycles. The normalized spacial score (nSPS) is 9.81. The summed E-state index contributed by atoms with van der Waals surface area (Å²) in [5.74, 6) is -0.638. The molecule has 0 heterocycles. The molecule has 2 N–H and O–H groups in total. The van der Waals surface area contributed by atoms with Crippen LogP contribution in [0.25, 0.3) is 0 Å². The highest BCUT2D eigenvalue weighted by atomic mass is 16.5. The van der Waals surface area contributed by atoms with Gasteiger partial charge in [-0.3, -0.25) is 9.59 Å². The molecule has 0 bridgehead atoms. The van der Waals surface area contributed by atoms with Crippen molar-refractivity contribution in [3.8, 4) is 0 Å². The Balaban J connectivity index is 2.48. The maximum absolute atomic E-state index is 11.5. The van der Waals surface area contributed by atoms with Gasteiger partial charge >= 0.3 is 5.97 Å². The maximum atomic E-state index is 11.5. The van der Waals surface area contributed by atoms with Crippen molar-refractivity contribution in [2.75, 3.05) is 12.3 Å². The van der Waals surface area contributed by atoms with Crippen LogP contribution >= 0.6 is 0 Å². The van der Waals surface area contributed by atoms with E-state index in [1.165, 1.54) is 0 Å². The van der Waals surface area contributed by atoms with Gasteiger partial charge in [0.2, 0.25) is 0 Å². The largest absolute Gasteiger partial charge is 0.466 e. The van der Waals surface area contributed by atoms with Crippen LogP contribution in [0.15, 0.2) is 24.3 Å². The van der Waals surface area contributed by atoms with Crippen molar-refractivity contribution in [3.63, 3.8) is 0 Å². The van der Waals surface area contributed by atoms with Crippen LogP contribution in [0.3, 0.4) is 0 Å². The second kappa shape index (κ2) is 5.90. The maximum Gasteiger partial charge on any atom is 0.313 e. The summed E-state index contributed by atoms with van der Waals surface area (Å²) < 4.78 is 4.69. The minimum atomic E-state index is -0.476. The summed E-state index contributed by atoms with van der Waals surface area (Å²) >= 11 is 0. The highest BCUT2D eigenvalue weighted by molar-refractivity contribution is 5.96. The van der Waals surface area contributed by atoms with Crippen molar-refractivity contribution in [2.45, 2.75) is 19.8 Å². The van der Waals surface area contributed by atoms with Gasteiger partial charge in [-0.05, 0) is 24.6 Å². The van der Waals surface area contributed by atoms with Crippen molar-refractivity contribution in [3.05, 3.63) is 29.8 Å². The molecule has 0 saturated carbocycles. The predicted octanol–water partition coefficient (Wildman–Crippen LogP) is 1.33. The van der Waals surface area contributed by atoms with E-state index in [9.17, 15) is 9.59 Å². The van der Waals surface area contributed by atoms with E-state index in [4.69, 9.17) is 5.73 Å². The number of nitrogens with two attached hydrogens (primary N) is 1. The van der Waals surface area contributed by atoms with Gasteiger partial charge in [-0.25, -0.2) is 0 Å². The molecule has 0 saturated heterocycles. The molecular formula is C12H15NO3. The summed E-state index contributed by atoms with van der Waals surface area (Å²) in [6, 6.07) is 7.06. The molecular weight excluding hydrogens is 206 g/mol. The molecule has 4 heteroatoms. The minimum absolute atomic E-state index is 0.163. The number of Topliss-reactive ketones (excluding diaryl/α,β-unsaturated/α-hetero) is 1. The van der Waals surface area contributed by atoms with Gasteiger partial charge in [0.1, 0.15) is 12.2 Å². The summed E-state index contributed by atoms with van der Waals surface area (Å²) in [6.45, 7) is 2.00. The third-order valence-electron chi connectivity index (χ3n) is 2.00. The number of carbonyl (C=O) groups excluding carboxylic acids is 2. The van der Waals surface area contributed by atoms with Crippen LogP contribution < -0.4 is 5.73 Å². The number of esters is 1. The fraction of sp³-hybridized carbons (Fsp3) is 0.333. The Kier molecular flexibility index (Phi) is 4.51. The first-order chi connectivity index (χ1) is 7.61. The molecule has 0 atom stereocenters. The van der Waals surface area contributed by atoms with Crippen LogP contribution in [0.2, 0.25) is 0 Å². The zero-order valence-electron chi connectivity index (χ0n) is 9.23. The van der Waals surface area contributed by atoms with Gasteiger partial charge in [-0.1, -0.05) is 12.1 Å². The van der Waals surface area contributed by atoms with Gasteiger partial charge in [-0.15, -0.1) is 0 Å². The molecule has 0 unspecified atom stereocenters. The molecule has 4 nitrogen and oxygen atoms in total. The van der Waals surface area contributed by atoms with Crippen LogP contribution in [-0.4, -0.2) is 18.4 Å². The van der Waals surface area contributed by atoms with Crippen molar-refractivity contribution in [1.82, 2.24) is 0 Å². The SMILES string of the molecule is CCOC(=O)CC(=O)Cc1cccc(N)c1. The average Bonchev–Trinajstić information content (AvgIpc) is 2.17. The van der Waals surface area contributed by atoms with Crippen LogP contribution in [-0.2, 0) is 20.7 Å². The zero-order chi connectivity index (χ0) is 12.0. The van der Waals surface area contributed by atoms with Gasteiger partial charge in [0, 0.05) is 12.1 Å². The van der Waals surface area contributed by atoms with Gasteiger partial charge in [0.25, 0.3) is 0 Å². The van der Waals surface area contributed by atoms with Crippen LogP contribution in [0.4, 0.5) is 5.69 Å². The number of benzene rings is 1. The molecule has 0 aliphatic carbocycles. The molecule has 0 spiro atoms. The summed E-state index contributed by atoms with van der Waals surface area (Å²) in [7, 11) is 0. The lowest BCUT2D eigenvalue weighted by Gasteiger charge is -2.02. The molecule has 0 aromatic heterocycles. The molecule has 0 amide bonds. The van der Waals surface area contributed by atoms with Crippen molar-refractivity contribution >= 4 is 17.4 Å². The number of anilines is 1. The van der Waals surface area contributed by atoms with E-state index in [-0.39, 0.29) is 18.6 Å². The molecule has 1 rings (SSSR count). The monoisotopic (exact) mass is 221 g/mol. The fourth-order valence-electron chi connectivity index (χ4n) is 1.37. The molecule has 0 fully saturated rings.